The van der Waals surface area contributed by atoms with E-state index in [1.165, 1.54) is 0 Å². The van der Waals surface area contributed by atoms with Gasteiger partial charge in [-0.2, -0.15) is 0 Å². The zero-order valence-electron chi connectivity index (χ0n) is 16.9. The number of aliphatic imine (C=N–C) groups is 1. The maximum atomic E-state index is 11.7. The van der Waals surface area contributed by atoms with Crippen LogP contribution in [0.3, 0.4) is 0 Å². The summed E-state index contributed by atoms with van der Waals surface area (Å²) in [4.78, 5) is 16.5. The number of aliphatic hydroxyl groups excluding tert-OH is 1. The summed E-state index contributed by atoms with van der Waals surface area (Å²) < 4.78 is 5.01. The van der Waals surface area contributed by atoms with Crippen molar-refractivity contribution in [2.24, 2.45) is 16.3 Å². The Balaban J connectivity index is 2.65. The molecule has 0 bridgehead atoms. The minimum absolute atomic E-state index is 0.0379. The first-order valence-corrected chi connectivity index (χ1v) is 10.1. The third kappa shape index (κ3) is 7.81. The summed E-state index contributed by atoms with van der Waals surface area (Å²) >= 11 is 0. The van der Waals surface area contributed by atoms with E-state index in [1.54, 1.807) is 6.92 Å². The summed E-state index contributed by atoms with van der Waals surface area (Å²) in [5, 5.41) is 19.0. The third-order valence-electron chi connectivity index (χ3n) is 5.32. The van der Waals surface area contributed by atoms with E-state index in [4.69, 9.17) is 9.73 Å². The van der Waals surface area contributed by atoms with Crippen molar-refractivity contribution in [1.29, 1.82) is 0 Å². The molecule has 152 valence electrons. The molecule has 7 heteroatoms. The average Bonchev–Trinajstić information content (AvgIpc) is 3.47. The highest BCUT2D eigenvalue weighted by atomic mass is 16.5. The molecular formula is C19H38N4O3. The second kappa shape index (κ2) is 12.0. The maximum Gasteiger partial charge on any atom is 0.407 e. The van der Waals surface area contributed by atoms with Crippen LogP contribution >= 0.6 is 0 Å². The van der Waals surface area contributed by atoms with Crippen LogP contribution in [0.5, 0.6) is 0 Å². The van der Waals surface area contributed by atoms with E-state index in [2.05, 4.69) is 29.8 Å². The number of hydrogen-bond acceptors (Lipinski definition) is 4. The average molecular weight is 371 g/mol. The van der Waals surface area contributed by atoms with Crippen molar-refractivity contribution in [3.8, 4) is 0 Å². The smallest absolute Gasteiger partial charge is 0.407 e. The van der Waals surface area contributed by atoms with Crippen molar-refractivity contribution in [1.82, 2.24) is 16.0 Å². The Morgan fingerprint density at radius 3 is 2.42 bits per heavy atom. The van der Waals surface area contributed by atoms with Gasteiger partial charge in [0.2, 0.25) is 0 Å². The fourth-order valence-electron chi connectivity index (χ4n) is 3.10. The Morgan fingerprint density at radius 2 is 1.92 bits per heavy atom. The molecule has 7 nitrogen and oxygen atoms in total. The molecule has 0 spiro atoms. The molecule has 1 aliphatic carbocycles. The van der Waals surface area contributed by atoms with Gasteiger partial charge in [-0.25, -0.2) is 4.79 Å². The third-order valence-corrected chi connectivity index (χ3v) is 5.32. The Bertz CT molecular complexity index is 435. The zero-order valence-corrected chi connectivity index (χ0v) is 16.9. The fraction of sp³-hybridized carbons (Fsp3) is 0.895. The maximum absolute atomic E-state index is 11.7. The van der Waals surface area contributed by atoms with Gasteiger partial charge in [0.1, 0.15) is 0 Å². The number of nitrogens with one attached hydrogen (secondary N) is 3. The summed E-state index contributed by atoms with van der Waals surface area (Å²) in [7, 11) is 0. The van der Waals surface area contributed by atoms with E-state index in [1.807, 2.05) is 6.92 Å². The normalized spacial score (nSPS) is 16.1. The van der Waals surface area contributed by atoms with Gasteiger partial charge >= 0.3 is 6.09 Å². The number of rotatable bonds is 12. The molecule has 1 aliphatic rings. The van der Waals surface area contributed by atoms with E-state index in [9.17, 15) is 9.90 Å². The molecule has 26 heavy (non-hydrogen) atoms. The summed E-state index contributed by atoms with van der Waals surface area (Å²) in [6.07, 6.45) is 4.66. The standard InChI is InChI=1S/C19H38N4O3/c1-5-19(6-2,11-12-24)14-22-17(20-7-3)21-13-16(15-9-10-15)23-18(25)26-8-4/h15-16,24H,5-14H2,1-4H3,(H,23,25)(H2,20,21,22). The van der Waals surface area contributed by atoms with E-state index >= 15 is 0 Å². The van der Waals surface area contributed by atoms with Gasteiger partial charge in [0, 0.05) is 26.2 Å². The SMILES string of the molecule is CCNC(=NCC(CC)(CC)CCO)NCC(NC(=O)OCC)C1CC1. The number of alkyl carbamates (subject to hydrolysis) is 1. The monoisotopic (exact) mass is 370 g/mol. The van der Waals surface area contributed by atoms with Gasteiger partial charge in [-0.05, 0) is 57.3 Å². The summed E-state index contributed by atoms with van der Waals surface area (Å²) in [5.74, 6) is 1.27. The molecule has 4 N–H and O–H groups in total. The molecule has 1 unspecified atom stereocenters. The van der Waals surface area contributed by atoms with Gasteiger partial charge in [0.15, 0.2) is 5.96 Å². The van der Waals surface area contributed by atoms with Crippen LogP contribution in [0.1, 0.15) is 59.8 Å². The number of aliphatic hydroxyl groups is 1. The van der Waals surface area contributed by atoms with Crippen molar-refractivity contribution in [2.45, 2.75) is 65.8 Å². The first-order valence-electron chi connectivity index (χ1n) is 10.1. The number of amides is 1. The predicted octanol–water partition coefficient (Wildman–Crippen LogP) is 2.25. The van der Waals surface area contributed by atoms with E-state index in [0.717, 1.165) is 44.6 Å². The lowest BCUT2D eigenvalue weighted by Gasteiger charge is -2.29. The van der Waals surface area contributed by atoms with Gasteiger partial charge in [-0.3, -0.25) is 4.99 Å². The van der Waals surface area contributed by atoms with Crippen LogP contribution in [-0.4, -0.2) is 56.0 Å². The van der Waals surface area contributed by atoms with Crippen LogP contribution in [0.4, 0.5) is 4.79 Å². The van der Waals surface area contributed by atoms with E-state index in [-0.39, 0.29) is 24.2 Å². The van der Waals surface area contributed by atoms with Crippen LogP contribution in [0.2, 0.25) is 0 Å². The molecule has 1 amide bonds. The molecule has 1 atom stereocenters. The molecule has 1 saturated carbocycles. The quantitative estimate of drug-likeness (QED) is 0.312. The summed E-state index contributed by atoms with van der Waals surface area (Å²) in [6.45, 7) is 10.8. The van der Waals surface area contributed by atoms with Crippen molar-refractivity contribution in [3.05, 3.63) is 0 Å². The lowest BCUT2D eigenvalue weighted by molar-refractivity contribution is 0.146. The second-order valence-electron chi connectivity index (χ2n) is 7.07. The molecule has 0 saturated heterocycles. The first kappa shape index (κ1) is 22.5. The van der Waals surface area contributed by atoms with Crippen LogP contribution in [0.25, 0.3) is 0 Å². The van der Waals surface area contributed by atoms with Crippen LogP contribution in [-0.2, 0) is 4.74 Å². The van der Waals surface area contributed by atoms with Crippen LogP contribution in [0, 0.1) is 11.3 Å². The molecule has 0 aromatic rings. The lowest BCUT2D eigenvalue weighted by atomic mass is 9.79. The molecule has 0 heterocycles. The Labute approximate surface area is 158 Å². The molecular weight excluding hydrogens is 332 g/mol. The molecule has 0 aliphatic heterocycles. The number of carbonyl (C=O) groups is 1. The van der Waals surface area contributed by atoms with E-state index < -0.39 is 0 Å². The molecule has 1 fully saturated rings. The van der Waals surface area contributed by atoms with Crippen molar-refractivity contribution >= 4 is 12.1 Å². The molecule has 0 aromatic carbocycles. The summed E-state index contributed by atoms with van der Waals surface area (Å²) in [6, 6.07) is 0.0532. The predicted molar refractivity (Wildman–Crippen MR) is 105 cm³/mol. The first-order chi connectivity index (χ1) is 12.5. The number of guanidine groups is 1. The largest absolute Gasteiger partial charge is 0.450 e. The fourth-order valence-corrected chi connectivity index (χ4v) is 3.10. The highest BCUT2D eigenvalue weighted by molar-refractivity contribution is 5.80. The highest BCUT2D eigenvalue weighted by Crippen LogP contribution is 2.32. The second-order valence-corrected chi connectivity index (χ2v) is 7.07. The van der Waals surface area contributed by atoms with Crippen LogP contribution < -0.4 is 16.0 Å². The number of nitrogens with zero attached hydrogens (tertiary/aromatic N) is 1. The van der Waals surface area contributed by atoms with E-state index in [0.29, 0.717) is 25.6 Å². The van der Waals surface area contributed by atoms with Gasteiger partial charge in [-0.15, -0.1) is 0 Å². The minimum atomic E-state index is -0.355. The Morgan fingerprint density at radius 1 is 1.23 bits per heavy atom. The molecule has 1 rings (SSSR count). The van der Waals surface area contributed by atoms with Crippen molar-refractivity contribution in [3.63, 3.8) is 0 Å². The van der Waals surface area contributed by atoms with Crippen LogP contribution in [0.15, 0.2) is 4.99 Å². The topological polar surface area (TPSA) is 95.0 Å². The van der Waals surface area contributed by atoms with Gasteiger partial charge in [0.05, 0.1) is 12.6 Å². The number of carbonyl (C=O) groups excluding carboxylic acids is 1. The zero-order chi connectivity index (χ0) is 19.4. The van der Waals surface area contributed by atoms with Crippen molar-refractivity contribution in [2.75, 3.05) is 32.8 Å². The summed E-state index contributed by atoms with van der Waals surface area (Å²) in [5.41, 5.74) is 0.0379. The van der Waals surface area contributed by atoms with Gasteiger partial charge in [0.25, 0.3) is 0 Å². The van der Waals surface area contributed by atoms with Gasteiger partial charge in [-0.1, -0.05) is 13.8 Å². The van der Waals surface area contributed by atoms with Crippen molar-refractivity contribution < 1.29 is 14.6 Å². The Kier molecular flexibility index (Phi) is 10.4. The van der Waals surface area contributed by atoms with Gasteiger partial charge < -0.3 is 25.8 Å². The minimum Gasteiger partial charge on any atom is -0.450 e. The number of hydrogen-bond donors (Lipinski definition) is 4. The Hall–Kier alpha value is -1.50. The highest BCUT2D eigenvalue weighted by Gasteiger charge is 2.32. The molecule has 0 radical (unpaired) electrons. The molecule has 0 aromatic heterocycles. The lowest BCUT2D eigenvalue weighted by Crippen LogP contribution is -2.48. The number of ether oxygens (including phenoxy) is 1.